The van der Waals surface area contributed by atoms with E-state index >= 15 is 0 Å². The van der Waals surface area contributed by atoms with Gasteiger partial charge < -0.3 is 0 Å². The van der Waals surface area contributed by atoms with E-state index in [1.165, 1.54) is 9.75 Å². The Bertz CT molecular complexity index is 325. The lowest BCUT2D eigenvalue weighted by molar-refractivity contribution is 0.0946. The molecule has 1 aromatic heterocycles. The van der Waals surface area contributed by atoms with Crippen LogP contribution in [0.2, 0.25) is 0 Å². The second-order valence-corrected chi connectivity index (χ2v) is 4.59. The van der Waals surface area contributed by atoms with Crippen LogP contribution in [0, 0.1) is 5.92 Å². The largest absolute Gasteiger partial charge is 0.294 e. The number of thiophene rings is 1. The third kappa shape index (κ3) is 1.02. The van der Waals surface area contributed by atoms with Crippen LogP contribution in [0.5, 0.6) is 0 Å². The molecule has 0 N–H and O–H groups in total. The first-order chi connectivity index (χ1) is 5.72. The molecule has 1 atom stereocenters. The maximum absolute atomic E-state index is 11.5. The zero-order valence-electron chi connectivity index (χ0n) is 7.39. The summed E-state index contributed by atoms with van der Waals surface area (Å²) in [4.78, 5) is 14.2. The summed E-state index contributed by atoms with van der Waals surface area (Å²) in [5, 5.41) is 0. The van der Waals surface area contributed by atoms with Crippen LogP contribution in [-0.4, -0.2) is 5.78 Å². The lowest BCUT2D eigenvalue weighted by Gasteiger charge is -1.96. The Hall–Kier alpha value is -0.630. The molecule has 2 rings (SSSR count). The number of ketones is 1. The Labute approximate surface area is 76.4 Å². The fourth-order valence-electron chi connectivity index (χ4n) is 1.65. The molecule has 0 bridgehead atoms. The van der Waals surface area contributed by atoms with Gasteiger partial charge in [-0.3, -0.25) is 4.79 Å². The smallest absolute Gasteiger partial charge is 0.167 e. The standard InChI is InChI=1S/C10H12OS/c1-3-7-5-8-9(12-7)4-6(2)10(8)11/h5-6H,3-4H2,1-2H3. The van der Waals surface area contributed by atoms with Gasteiger partial charge in [-0.05, 0) is 18.9 Å². The van der Waals surface area contributed by atoms with Crippen molar-refractivity contribution in [3.63, 3.8) is 0 Å². The van der Waals surface area contributed by atoms with Gasteiger partial charge in [-0.2, -0.15) is 0 Å². The molecule has 64 valence electrons. The first kappa shape index (κ1) is 7.99. The molecule has 0 spiro atoms. The number of aryl methyl sites for hydroxylation is 1. The summed E-state index contributed by atoms with van der Waals surface area (Å²) in [5.74, 6) is 0.582. The van der Waals surface area contributed by atoms with Crippen LogP contribution in [0.4, 0.5) is 0 Å². The van der Waals surface area contributed by atoms with Crippen molar-refractivity contribution < 1.29 is 4.79 Å². The molecule has 1 aliphatic rings. The molecule has 0 saturated carbocycles. The van der Waals surface area contributed by atoms with Crippen LogP contribution < -0.4 is 0 Å². The molecule has 1 aromatic rings. The van der Waals surface area contributed by atoms with Gasteiger partial charge in [0.25, 0.3) is 0 Å². The van der Waals surface area contributed by atoms with Gasteiger partial charge in [0, 0.05) is 21.2 Å². The van der Waals surface area contributed by atoms with Gasteiger partial charge >= 0.3 is 0 Å². The number of fused-ring (bicyclic) bond motifs is 1. The highest BCUT2D eigenvalue weighted by Gasteiger charge is 2.28. The van der Waals surface area contributed by atoms with Crippen LogP contribution in [-0.2, 0) is 12.8 Å². The Morgan fingerprint density at radius 2 is 2.42 bits per heavy atom. The molecule has 0 saturated heterocycles. The number of hydrogen-bond acceptors (Lipinski definition) is 2. The summed E-state index contributed by atoms with van der Waals surface area (Å²) < 4.78 is 0. The van der Waals surface area contributed by atoms with E-state index in [0.717, 1.165) is 18.4 Å². The average molecular weight is 180 g/mol. The number of carbonyl (C=O) groups excluding carboxylic acids is 1. The number of rotatable bonds is 1. The average Bonchev–Trinajstić information content (AvgIpc) is 2.55. The van der Waals surface area contributed by atoms with E-state index in [0.29, 0.717) is 5.78 Å². The Morgan fingerprint density at radius 3 is 3.00 bits per heavy atom. The second-order valence-electron chi connectivity index (χ2n) is 3.37. The summed E-state index contributed by atoms with van der Waals surface area (Å²) in [6.07, 6.45) is 2.03. The summed E-state index contributed by atoms with van der Waals surface area (Å²) >= 11 is 1.81. The lowest BCUT2D eigenvalue weighted by Crippen LogP contribution is -2.03. The van der Waals surface area contributed by atoms with Gasteiger partial charge in [-0.25, -0.2) is 0 Å². The van der Waals surface area contributed by atoms with E-state index in [9.17, 15) is 4.79 Å². The van der Waals surface area contributed by atoms with Crippen LogP contribution in [0.25, 0.3) is 0 Å². The van der Waals surface area contributed by atoms with Crippen molar-refractivity contribution in [3.8, 4) is 0 Å². The van der Waals surface area contributed by atoms with E-state index < -0.39 is 0 Å². The normalized spacial score (nSPS) is 21.5. The summed E-state index contributed by atoms with van der Waals surface area (Å²) in [7, 11) is 0. The Kier molecular flexibility index (Phi) is 1.80. The molecule has 0 fully saturated rings. The number of hydrogen-bond donors (Lipinski definition) is 0. The maximum atomic E-state index is 11.5. The van der Waals surface area contributed by atoms with Gasteiger partial charge in [0.15, 0.2) is 5.78 Å². The second kappa shape index (κ2) is 2.70. The van der Waals surface area contributed by atoms with Gasteiger partial charge in [0.2, 0.25) is 0 Å². The predicted molar refractivity (Wildman–Crippen MR) is 50.9 cm³/mol. The molecule has 0 amide bonds. The highest BCUT2D eigenvalue weighted by molar-refractivity contribution is 7.12. The zero-order chi connectivity index (χ0) is 8.72. The minimum atomic E-state index is 0.233. The minimum Gasteiger partial charge on any atom is -0.294 e. The van der Waals surface area contributed by atoms with E-state index in [1.54, 1.807) is 0 Å². The molecule has 0 radical (unpaired) electrons. The summed E-state index contributed by atoms with van der Waals surface area (Å²) in [5.41, 5.74) is 1.00. The van der Waals surface area contributed by atoms with Gasteiger partial charge in [0.05, 0.1) is 0 Å². The molecular formula is C10H12OS. The minimum absolute atomic E-state index is 0.233. The number of carbonyl (C=O) groups is 1. The van der Waals surface area contributed by atoms with Crippen LogP contribution in [0.15, 0.2) is 6.07 Å². The molecule has 1 heterocycles. The molecule has 2 heteroatoms. The topological polar surface area (TPSA) is 17.1 Å². The monoisotopic (exact) mass is 180 g/mol. The fraction of sp³-hybridized carbons (Fsp3) is 0.500. The molecular weight excluding hydrogens is 168 g/mol. The Balaban J connectivity index is 2.42. The lowest BCUT2D eigenvalue weighted by atomic mass is 10.1. The zero-order valence-corrected chi connectivity index (χ0v) is 8.20. The SMILES string of the molecule is CCc1cc2c(s1)CC(C)C2=O. The third-order valence-electron chi connectivity index (χ3n) is 2.41. The maximum Gasteiger partial charge on any atom is 0.167 e. The molecule has 0 aliphatic heterocycles. The quantitative estimate of drug-likeness (QED) is 0.649. The molecule has 1 aliphatic carbocycles. The van der Waals surface area contributed by atoms with Crippen molar-refractivity contribution in [1.82, 2.24) is 0 Å². The van der Waals surface area contributed by atoms with Gasteiger partial charge in [-0.1, -0.05) is 13.8 Å². The van der Waals surface area contributed by atoms with E-state index in [1.807, 2.05) is 18.3 Å². The van der Waals surface area contributed by atoms with Crippen molar-refractivity contribution in [2.45, 2.75) is 26.7 Å². The van der Waals surface area contributed by atoms with Gasteiger partial charge in [0.1, 0.15) is 0 Å². The number of Topliss-reactive ketones (excluding diaryl/α,β-unsaturated/α-hetero) is 1. The van der Waals surface area contributed by atoms with Gasteiger partial charge in [-0.15, -0.1) is 11.3 Å². The summed E-state index contributed by atoms with van der Waals surface area (Å²) in [6, 6.07) is 2.08. The van der Waals surface area contributed by atoms with Crippen LogP contribution >= 0.6 is 11.3 Å². The highest BCUT2D eigenvalue weighted by atomic mass is 32.1. The van der Waals surface area contributed by atoms with E-state index in [2.05, 4.69) is 13.0 Å². The first-order valence-electron chi connectivity index (χ1n) is 4.38. The third-order valence-corrected chi connectivity index (χ3v) is 3.71. The highest BCUT2D eigenvalue weighted by Crippen LogP contribution is 2.33. The van der Waals surface area contributed by atoms with Crippen molar-refractivity contribution >= 4 is 17.1 Å². The van der Waals surface area contributed by atoms with Crippen molar-refractivity contribution in [1.29, 1.82) is 0 Å². The van der Waals surface area contributed by atoms with Crippen LogP contribution in [0.1, 0.15) is 34.0 Å². The molecule has 0 aromatic carbocycles. The molecule has 1 nitrogen and oxygen atoms in total. The Morgan fingerprint density at radius 1 is 1.67 bits per heavy atom. The summed E-state index contributed by atoms with van der Waals surface area (Å²) in [6.45, 7) is 4.15. The van der Waals surface area contributed by atoms with E-state index in [-0.39, 0.29) is 5.92 Å². The molecule has 1 unspecified atom stereocenters. The van der Waals surface area contributed by atoms with Crippen molar-refractivity contribution in [2.24, 2.45) is 5.92 Å². The van der Waals surface area contributed by atoms with Crippen molar-refractivity contribution in [3.05, 3.63) is 21.4 Å². The predicted octanol–water partition coefficient (Wildman–Crippen LogP) is 2.69. The first-order valence-corrected chi connectivity index (χ1v) is 5.19. The molecule has 12 heavy (non-hydrogen) atoms. The fourth-order valence-corrected chi connectivity index (χ4v) is 2.90. The van der Waals surface area contributed by atoms with Crippen LogP contribution in [0.3, 0.4) is 0 Å². The van der Waals surface area contributed by atoms with Crippen molar-refractivity contribution in [2.75, 3.05) is 0 Å². The van der Waals surface area contributed by atoms with E-state index in [4.69, 9.17) is 0 Å².